The Hall–Kier alpha value is -0.250. The van der Waals surface area contributed by atoms with Crippen molar-refractivity contribution in [2.45, 2.75) is 11.9 Å². The van der Waals surface area contributed by atoms with Crippen LogP contribution in [0.15, 0.2) is 12.1 Å². The lowest BCUT2D eigenvalue weighted by atomic mass is 10.0. The number of hydrogen-bond acceptors (Lipinski definition) is 2. The Balaban J connectivity index is 2.56. The third-order valence-corrected chi connectivity index (χ3v) is 3.34. The molecule has 1 aromatic carbocycles. The van der Waals surface area contributed by atoms with Gasteiger partial charge in [-0.2, -0.15) is 11.8 Å². The van der Waals surface area contributed by atoms with E-state index in [0.29, 0.717) is 27.7 Å². The minimum Gasteiger partial charge on any atom is -0.388 e. The normalized spacial score (nSPS) is 21.3. The molecule has 1 atom stereocenters. The minimum atomic E-state index is -0.582. The first-order valence-corrected chi connectivity index (χ1v) is 5.45. The van der Waals surface area contributed by atoms with Gasteiger partial charge in [0.1, 0.15) is 5.82 Å². The Morgan fingerprint density at radius 3 is 3.08 bits per heavy atom. The molecule has 1 aromatic rings. The number of hydrogen-bond donors (Lipinski definition) is 1. The molecule has 70 valence electrons. The van der Waals surface area contributed by atoms with Crippen LogP contribution in [0.5, 0.6) is 0 Å². The Bertz CT molecular complexity index is 343. The van der Waals surface area contributed by atoms with Gasteiger partial charge in [-0.15, -0.1) is 0 Å². The number of benzene rings is 1. The van der Waals surface area contributed by atoms with Crippen LogP contribution < -0.4 is 0 Å². The number of thioether (sulfide) groups is 1. The van der Waals surface area contributed by atoms with E-state index >= 15 is 0 Å². The second-order valence-corrected chi connectivity index (χ2v) is 4.45. The molecule has 0 saturated heterocycles. The number of rotatable bonds is 0. The number of fused-ring (bicyclic) bond motifs is 1. The lowest BCUT2D eigenvalue weighted by Crippen LogP contribution is -2.11. The highest BCUT2D eigenvalue weighted by atomic mass is 35.5. The molecule has 1 heterocycles. The van der Waals surface area contributed by atoms with Gasteiger partial charge in [-0.3, -0.25) is 0 Å². The fraction of sp³-hybridized carbons (Fsp3) is 0.333. The molecular weight excluding hydrogens is 211 g/mol. The monoisotopic (exact) mass is 218 g/mol. The summed E-state index contributed by atoms with van der Waals surface area (Å²) in [6.45, 7) is 0. The summed E-state index contributed by atoms with van der Waals surface area (Å²) in [6, 6.07) is 2.93. The maximum atomic E-state index is 13.3. The Morgan fingerprint density at radius 1 is 1.54 bits per heavy atom. The molecular formula is C9H8ClFOS. The smallest absolute Gasteiger partial charge is 0.129 e. The van der Waals surface area contributed by atoms with Crippen molar-refractivity contribution in [3.8, 4) is 0 Å². The zero-order chi connectivity index (χ0) is 9.42. The highest BCUT2D eigenvalue weighted by Gasteiger charge is 2.21. The predicted molar refractivity (Wildman–Crippen MR) is 52.5 cm³/mol. The van der Waals surface area contributed by atoms with Gasteiger partial charge >= 0.3 is 0 Å². The first-order valence-electron chi connectivity index (χ1n) is 3.92. The van der Waals surface area contributed by atoms with Crippen molar-refractivity contribution >= 4 is 23.4 Å². The van der Waals surface area contributed by atoms with Gasteiger partial charge in [-0.25, -0.2) is 4.39 Å². The van der Waals surface area contributed by atoms with Gasteiger partial charge in [-0.05, 0) is 17.7 Å². The fourth-order valence-corrected chi connectivity index (χ4v) is 2.68. The van der Waals surface area contributed by atoms with E-state index in [1.165, 1.54) is 17.8 Å². The van der Waals surface area contributed by atoms with Gasteiger partial charge in [-0.1, -0.05) is 11.6 Å². The maximum absolute atomic E-state index is 13.3. The molecule has 0 fully saturated rings. The van der Waals surface area contributed by atoms with Crippen molar-refractivity contribution in [2.75, 3.05) is 5.75 Å². The summed E-state index contributed by atoms with van der Waals surface area (Å²) < 4.78 is 13.3. The molecule has 0 amide bonds. The molecule has 1 unspecified atom stereocenters. The summed E-state index contributed by atoms with van der Waals surface area (Å²) in [5.41, 5.74) is 1.23. The quantitative estimate of drug-likeness (QED) is 0.723. The van der Waals surface area contributed by atoms with Gasteiger partial charge < -0.3 is 5.11 Å². The highest BCUT2D eigenvalue weighted by molar-refractivity contribution is 7.98. The van der Waals surface area contributed by atoms with Crippen molar-refractivity contribution in [1.82, 2.24) is 0 Å². The number of aliphatic hydroxyl groups excluding tert-OH is 1. The van der Waals surface area contributed by atoms with E-state index in [9.17, 15) is 9.50 Å². The second-order valence-electron chi connectivity index (χ2n) is 2.99. The van der Waals surface area contributed by atoms with E-state index < -0.39 is 6.10 Å². The molecule has 1 nitrogen and oxygen atoms in total. The molecule has 4 heteroatoms. The van der Waals surface area contributed by atoms with E-state index in [1.54, 1.807) is 6.07 Å². The summed E-state index contributed by atoms with van der Waals surface area (Å²) in [6.07, 6.45) is -0.582. The molecule has 0 bridgehead atoms. The van der Waals surface area contributed by atoms with E-state index in [-0.39, 0.29) is 5.82 Å². The van der Waals surface area contributed by atoms with E-state index in [1.807, 2.05) is 0 Å². The summed E-state index contributed by atoms with van der Waals surface area (Å²) in [5.74, 6) is 0.927. The van der Waals surface area contributed by atoms with E-state index in [4.69, 9.17) is 11.6 Å². The van der Waals surface area contributed by atoms with Gasteiger partial charge in [0.15, 0.2) is 0 Å². The molecule has 1 aliphatic rings. The fourth-order valence-electron chi connectivity index (χ4n) is 1.44. The van der Waals surface area contributed by atoms with Crippen molar-refractivity contribution in [3.05, 3.63) is 34.1 Å². The predicted octanol–water partition coefficient (Wildman–Crippen LogP) is 2.76. The van der Waals surface area contributed by atoms with Crippen LogP contribution in [0, 0.1) is 5.82 Å². The first-order chi connectivity index (χ1) is 6.18. The standard InChI is InChI=1S/C9H8ClFOS/c10-5-1-6-7(8(11)2-5)3-13-4-9(6)12/h1-2,9,12H,3-4H2. The molecule has 2 rings (SSSR count). The molecule has 0 saturated carbocycles. The average molecular weight is 219 g/mol. The van der Waals surface area contributed by atoms with Crippen molar-refractivity contribution in [2.24, 2.45) is 0 Å². The van der Waals surface area contributed by atoms with Gasteiger partial charge in [0.2, 0.25) is 0 Å². The lowest BCUT2D eigenvalue weighted by Gasteiger charge is -2.21. The van der Waals surface area contributed by atoms with Crippen LogP contribution >= 0.6 is 23.4 Å². The SMILES string of the molecule is OC1CSCc2c(F)cc(Cl)cc21. The minimum absolute atomic E-state index is 0.311. The topological polar surface area (TPSA) is 20.2 Å². The zero-order valence-corrected chi connectivity index (χ0v) is 8.33. The van der Waals surface area contributed by atoms with Crippen molar-refractivity contribution in [1.29, 1.82) is 0 Å². The highest BCUT2D eigenvalue weighted by Crippen LogP contribution is 2.34. The molecule has 1 N–H and O–H groups in total. The van der Waals surface area contributed by atoms with Crippen LogP contribution in [0.2, 0.25) is 5.02 Å². The Morgan fingerprint density at radius 2 is 2.31 bits per heavy atom. The Labute approximate surface area is 84.9 Å². The van der Waals surface area contributed by atoms with Crippen molar-refractivity contribution in [3.63, 3.8) is 0 Å². The summed E-state index contributed by atoms with van der Waals surface area (Å²) in [7, 11) is 0. The zero-order valence-electron chi connectivity index (χ0n) is 6.76. The Kier molecular flexibility index (Phi) is 2.49. The third kappa shape index (κ3) is 1.68. The molecule has 0 aromatic heterocycles. The van der Waals surface area contributed by atoms with Crippen LogP contribution in [-0.4, -0.2) is 10.9 Å². The van der Waals surface area contributed by atoms with Crippen molar-refractivity contribution < 1.29 is 9.50 Å². The number of aliphatic hydroxyl groups is 1. The average Bonchev–Trinajstić information content (AvgIpc) is 2.07. The van der Waals surface area contributed by atoms with Gasteiger partial charge in [0.05, 0.1) is 6.10 Å². The van der Waals surface area contributed by atoms with Crippen LogP contribution in [0.4, 0.5) is 4.39 Å². The largest absolute Gasteiger partial charge is 0.388 e. The molecule has 0 aliphatic carbocycles. The van der Waals surface area contributed by atoms with Crippen LogP contribution in [0.3, 0.4) is 0 Å². The summed E-state index contributed by atoms with van der Waals surface area (Å²) >= 11 is 7.22. The number of halogens is 2. The van der Waals surface area contributed by atoms with Crippen LogP contribution in [-0.2, 0) is 5.75 Å². The lowest BCUT2D eigenvalue weighted by molar-refractivity contribution is 0.201. The molecule has 0 radical (unpaired) electrons. The molecule has 1 aliphatic heterocycles. The van der Waals surface area contributed by atoms with E-state index in [0.717, 1.165) is 0 Å². The summed E-state index contributed by atoms with van der Waals surface area (Å²) in [5, 5.41) is 9.91. The van der Waals surface area contributed by atoms with Crippen LogP contribution in [0.25, 0.3) is 0 Å². The van der Waals surface area contributed by atoms with Crippen LogP contribution in [0.1, 0.15) is 17.2 Å². The van der Waals surface area contributed by atoms with Gasteiger partial charge in [0.25, 0.3) is 0 Å². The first kappa shape index (κ1) is 9.31. The summed E-state index contributed by atoms with van der Waals surface area (Å²) in [4.78, 5) is 0. The molecule has 0 spiro atoms. The molecule has 13 heavy (non-hydrogen) atoms. The van der Waals surface area contributed by atoms with E-state index in [2.05, 4.69) is 0 Å². The van der Waals surface area contributed by atoms with Gasteiger partial charge in [0, 0.05) is 22.1 Å². The maximum Gasteiger partial charge on any atom is 0.129 e. The second kappa shape index (κ2) is 3.48. The third-order valence-electron chi connectivity index (χ3n) is 2.08.